The second-order valence-electron chi connectivity index (χ2n) is 7.60. The lowest BCUT2D eigenvalue weighted by Gasteiger charge is -2.23. The van der Waals surface area contributed by atoms with Crippen LogP contribution in [0, 0.1) is 5.82 Å². The molecule has 0 spiro atoms. The topological polar surface area (TPSA) is 89.9 Å². The summed E-state index contributed by atoms with van der Waals surface area (Å²) in [6, 6.07) is 10.7. The number of pyridine rings is 1. The number of nitrogens with zero attached hydrogens (tertiary/aromatic N) is 1. The number of benzene rings is 2. The van der Waals surface area contributed by atoms with Crippen LogP contribution in [-0.2, 0) is 5.67 Å². The highest BCUT2D eigenvalue weighted by Crippen LogP contribution is 2.34. The average Bonchev–Trinajstić information content (AvgIpc) is 2.91. The molecule has 2 aromatic carbocycles. The van der Waals surface area contributed by atoms with Crippen LogP contribution in [0.1, 0.15) is 16.1 Å². The first-order chi connectivity index (χ1) is 17.3. The molecule has 0 fully saturated rings. The molecule has 0 aliphatic carbocycles. The van der Waals surface area contributed by atoms with Crippen LogP contribution in [0.15, 0.2) is 48.5 Å². The van der Waals surface area contributed by atoms with Crippen LogP contribution in [-0.4, -0.2) is 56.7 Å². The van der Waals surface area contributed by atoms with Crippen molar-refractivity contribution < 1.29 is 37.3 Å². The summed E-state index contributed by atoms with van der Waals surface area (Å²) >= 11 is 5.86. The van der Waals surface area contributed by atoms with Crippen molar-refractivity contribution >= 4 is 17.5 Å². The fourth-order valence-corrected chi connectivity index (χ4v) is 3.50. The van der Waals surface area contributed by atoms with Crippen molar-refractivity contribution in [3.8, 4) is 28.5 Å². The molecule has 1 amide bonds. The summed E-state index contributed by atoms with van der Waals surface area (Å²) in [5.74, 6) is -0.555. The first-order valence-corrected chi connectivity index (χ1v) is 11.1. The minimum atomic E-state index is -2.67. The lowest BCUT2D eigenvalue weighted by molar-refractivity contribution is 0.0833. The highest BCUT2D eigenvalue weighted by molar-refractivity contribution is 6.31. The Morgan fingerprint density at radius 1 is 1.08 bits per heavy atom. The monoisotopic (exact) mass is 524 g/mol. The van der Waals surface area contributed by atoms with Crippen LogP contribution in [0.3, 0.4) is 0 Å². The number of aliphatic hydroxyl groups excluding tert-OH is 1. The van der Waals surface area contributed by atoms with E-state index in [1.54, 1.807) is 0 Å². The SMILES string of the molecule is COc1cc(C(=O)NCC(F)(CF)c2ccc(OC)c(-c3ccc(F)c(Cl)c3)n2)ccc1OCCO. The summed E-state index contributed by atoms with van der Waals surface area (Å²) < 4.78 is 59.1. The molecule has 0 saturated heterocycles. The summed E-state index contributed by atoms with van der Waals surface area (Å²) in [5, 5.41) is 11.1. The van der Waals surface area contributed by atoms with E-state index in [4.69, 9.17) is 30.9 Å². The number of alkyl halides is 2. The predicted octanol–water partition coefficient (Wildman–Crippen LogP) is 4.49. The van der Waals surface area contributed by atoms with Crippen molar-refractivity contribution in [2.24, 2.45) is 0 Å². The molecule has 1 heterocycles. The van der Waals surface area contributed by atoms with Gasteiger partial charge in [-0.1, -0.05) is 11.6 Å². The number of carbonyl (C=O) groups excluding carboxylic acids is 1. The smallest absolute Gasteiger partial charge is 0.251 e. The Labute approximate surface area is 210 Å². The number of rotatable bonds is 11. The van der Waals surface area contributed by atoms with Gasteiger partial charge < -0.3 is 24.6 Å². The van der Waals surface area contributed by atoms with Crippen molar-refractivity contribution in [1.82, 2.24) is 10.3 Å². The Kier molecular flexibility index (Phi) is 9.00. The average molecular weight is 525 g/mol. The first kappa shape index (κ1) is 27.1. The van der Waals surface area contributed by atoms with Gasteiger partial charge in [0, 0.05) is 11.1 Å². The molecule has 0 bridgehead atoms. The quantitative estimate of drug-likeness (QED) is 0.384. The lowest BCUT2D eigenvalue weighted by Crippen LogP contribution is -2.40. The number of hydrogen-bond donors (Lipinski definition) is 2. The van der Waals surface area contributed by atoms with Crippen molar-refractivity contribution in [3.05, 3.63) is 70.6 Å². The number of aromatic nitrogens is 1. The van der Waals surface area contributed by atoms with E-state index in [1.807, 2.05) is 0 Å². The molecule has 3 aromatic rings. The molecule has 1 atom stereocenters. The molecule has 7 nitrogen and oxygen atoms in total. The van der Waals surface area contributed by atoms with Gasteiger partial charge in [0.2, 0.25) is 0 Å². The minimum Gasteiger partial charge on any atom is -0.494 e. The van der Waals surface area contributed by atoms with E-state index < -0.39 is 30.6 Å². The Balaban J connectivity index is 1.84. The summed E-state index contributed by atoms with van der Waals surface area (Å²) in [7, 11) is 2.75. The fraction of sp³-hybridized carbons (Fsp3) is 0.280. The zero-order chi connectivity index (χ0) is 26.3. The van der Waals surface area contributed by atoms with Gasteiger partial charge in [0.05, 0.1) is 38.1 Å². The van der Waals surface area contributed by atoms with Crippen LogP contribution in [0.4, 0.5) is 13.2 Å². The molecule has 0 saturated carbocycles. The molecule has 3 rings (SSSR count). The third-order valence-electron chi connectivity index (χ3n) is 5.25. The van der Waals surface area contributed by atoms with E-state index >= 15 is 4.39 Å². The van der Waals surface area contributed by atoms with Gasteiger partial charge in [-0.25, -0.2) is 18.2 Å². The normalized spacial score (nSPS) is 12.5. The molecule has 11 heteroatoms. The Morgan fingerprint density at radius 2 is 1.81 bits per heavy atom. The molecule has 0 aliphatic heterocycles. The second-order valence-corrected chi connectivity index (χ2v) is 8.00. The van der Waals surface area contributed by atoms with Gasteiger partial charge in [0.25, 0.3) is 5.91 Å². The van der Waals surface area contributed by atoms with Crippen molar-refractivity contribution in [2.75, 3.05) is 40.7 Å². The van der Waals surface area contributed by atoms with Gasteiger partial charge in [-0.2, -0.15) is 0 Å². The van der Waals surface area contributed by atoms with E-state index in [-0.39, 0.29) is 46.7 Å². The van der Waals surface area contributed by atoms with Crippen LogP contribution >= 0.6 is 11.6 Å². The zero-order valence-electron chi connectivity index (χ0n) is 19.5. The van der Waals surface area contributed by atoms with Crippen molar-refractivity contribution in [3.63, 3.8) is 0 Å². The van der Waals surface area contributed by atoms with Gasteiger partial charge >= 0.3 is 0 Å². The molecule has 1 aromatic heterocycles. The maximum atomic E-state index is 15.7. The molecule has 192 valence electrons. The van der Waals surface area contributed by atoms with Gasteiger partial charge in [-0.3, -0.25) is 4.79 Å². The fourth-order valence-electron chi connectivity index (χ4n) is 3.32. The molecule has 0 radical (unpaired) electrons. The Bertz CT molecular complexity index is 1230. The number of amides is 1. The predicted molar refractivity (Wildman–Crippen MR) is 128 cm³/mol. The largest absolute Gasteiger partial charge is 0.494 e. The van der Waals surface area contributed by atoms with Crippen molar-refractivity contribution in [1.29, 1.82) is 0 Å². The highest BCUT2D eigenvalue weighted by atomic mass is 35.5. The summed E-state index contributed by atoms with van der Waals surface area (Å²) in [4.78, 5) is 16.9. The van der Waals surface area contributed by atoms with E-state index in [0.717, 1.165) is 6.07 Å². The minimum absolute atomic E-state index is 0.0315. The van der Waals surface area contributed by atoms with E-state index in [9.17, 15) is 13.6 Å². The number of halogens is 4. The number of carbonyl (C=O) groups is 1. The van der Waals surface area contributed by atoms with Crippen LogP contribution in [0.25, 0.3) is 11.3 Å². The van der Waals surface area contributed by atoms with Gasteiger partial charge in [-0.05, 0) is 48.5 Å². The third kappa shape index (κ3) is 6.00. The van der Waals surface area contributed by atoms with Crippen LogP contribution < -0.4 is 19.5 Å². The molecular weight excluding hydrogens is 501 g/mol. The maximum Gasteiger partial charge on any atom is 0.251 e. The molecular formula is C25H24ClF3N2O5. The summed E-state index contributed by atoms with van der Waals surface area (Å²) in [6.07, 6.45) is 0. The second kappa shape index (κ2) is 12.0. The Morgan fingerprint density at radius 3 is 2.44 bits per heavy atom. The van der Waals surface area contributed by atoms with E-state index in [2.05, 4.69) is 10.3 Å². The van der Waals surface area contributed by atoms with Gasteiger partial charge in [0.15, 0.2) is 17.2 Å². The molecule has 36 heavy (non-hydrogen) atoms. The maximum absolute atomic E-state index is 15.7. The Hall–Kier alpha value is -3.50. The van der Waals surface area contributed by atoms with Gasteiger partial charge in [-0.15, -0.1) is 0 Å². The van der Waals surface area contributed by atoms with Crippen LogP contribution in [0.5, 0.6) is 17.2 Å². The first-order valence-electron chi connectivity index (χ1n) is 10.7. The van der Waals surface area contributed by atoms with E-state index in [1.165, 1.54) is 56.7 Å². The number of methoxy groups -OCH3 is 2. The lowest BCUT2D eigenvalue weighted by atomic mass is 10.0. The zero-order valence-corrected chi connectivity index (χ0v) is 20.2. The number of nitrogens with one attached hydrogen (secondary N) is 1. The van der Waals surface area contributed by atoms with Crippen LogP contribution in [0.2, 0.25) is 5.02 Å². The number of aliphatic hydroxyl groups is 1. The van der Waals surface area contributed by atoms with Gasteiger partial charge in [0.1, 0.15) is 30.5 Å². The number of ether oxygens (including phenoxy) is 3. The number of hydrogen-bond acceptors (Lipinski definition) is 6. The highest BCUT2D eigenvalue weighted by Gasteiger charge is 2.35. The standard InChI is InChI=1S/C25H24ClF3N2O5/c1-34-20-7-8-22(31-23(20)15-3-5-18(28)17(26)11-15)25(29,13-27)14-30-24(33)16-4-6-19(36-10-9-32)21(12-16)35-2/h3-8,11-12,32H,9-10,13-14H2,1-2H3,(H,30,33). The molecule has 0 aliphatic rings. The summed E-state index contributed by atoms with van der Waals surface area (Å²) in [6.45, 7) is -2.38. The van der Waals surface area contributed by atoms with Crippen molar-refractivity contribution in [2.45, 2.75) is 5.67 Å². The third-order valence-corrected chi connectivity index (χ3v) is 5.54. The molecule has 2 N–H and O–H groups in total. The molecule has 1 unspecified atom stereocenters. The van der Waals surface area contributed by atoms with E-state index in [0.29, 0.717) is 11.3 Å². The summed E-state index contributed by atoms with van der Waals surface area (Å²) in [5.41, 5.74) is -2.39.